The number of benzene rings is 1. The molecule has 0 saturated carbocycles. The number of nitrogens with two attached hydrogens (primary N) is 1. The van der Waals surface area contributed by atoms with Crippen LogP contribution in [0.15, 0.2) is 24.3 Å². The van der Waals surface area contributed by atoms with E-state index >= 15 is 0 Å². The largest absolute Gasteiger partial charge is 0.368 e. The Morgan fingerprint density at radius 3 is 2.65 bits per heavy atom. The van der Waals surface area contributed by atoms with Crippen LogP contribution in [0.2, 0.25) is 0 Å². The number of amides is 2. The first-order valence-electron chi connectivity index (χ1n) is 4.83. The molecule has 2 N–H and O–H groups in total. The van der Waals surface area contributed by atoms with Crippen LogP contribution in [0.3, 0.4) is 0 Å². The highest BCUT2D eigenvalue weighted by Crippen LogP contribution is 2.20. The highest BCUT2D eigenvalue weighted by Gasteiger charge is 2.26. The van der Waals surface area contributed by atoms with Gasteiger partial charge >= 0.3 is 0 Å². The molecule has 0 bridgehead atoms. The fourth-order valence-corrected chi connectivity index (χ4v) is 1.68. The summed E-state index contributed by atoms with van der Waals surface area (Å²) in [6.45, 7) is 0. The molecule has 1 atom stereocenters. The molecule has 0 aromatic heterocycles. The van der Waals surface area contributed by atoms with Crippen LogP contribution in [0.25, 0.3) is 0 Å². The molecule has 1 unspecified atom stereocenters. The predicted octanol–water partition coefficient (Wildman–Crippen LogP) is 1.05. The van der Waals surface area contributed by atoms with Gasteiger partial charge in [-0.2, -0.15) is 0 Å². The maximum Gasteiger partial charge on any atom is 0.244 e. The van der Waals surface area contributed by atoms with E-state index in [0.717, 1.165) is 11.0 Å². The van der Waals surface area contributed by atoms with Gasteiger partial charge in [-0.05, 0) is 17.7 Å². The average Bonchev–Trinajstić information content (AvgIpc) is 2.27. The maximum atomic E-state index is 13.1. The summed E-state index contributed by atoms with van der Waals surface area (Å²) in [6.07, 6.45) is 0. The monoisotopic (exact) mass is 258 g/mol. The summed E-state index contributed by atoms with van der Waals surface area (Å²) in [5, 5.41) is 0. The Hall–Kier alpha value is -1.62. The van der Waals surface area contributed by atoms with Gasteiger partial charge in [0.1, 0.15) is 17.7 Å². The molecule has 0 spiro atoms. The van der Waals surface area contributed by atoms with Crippen LogP contribution in [0, 0.1) is 5.82 Å². The highest BCUT2D eigenvalue weighted by atomic mass is 35.5. The third kappa shape index (κ3) is 3.17. The van der Waals surface area contributed by atoms with Crippen LogP contribution in [0.5, 0.6) is 0 Å². The van der Waals surface area contributed by atoms with Crippen molar-refractivity contribution >= 4 is 23.4 Å². The first-order valence-corrected chi connectivity index (χ1v) is 5.37. The Morgan fingerprint density at radius 2 is 2.18 bits per heavy atom. The van der Waals surface area contributed by atoms with E-state index in [0.29, 0.717) is 5.56 Å². The van der Waals surface area contributed by atoms with Crippen molar-refractivity contribution in [3.05, 3.63) is 35.6 Å². The van der Waals surface area contributed by atoms with E-state index < -0.39 is 23.7 Å². The Balaban J connectivity index is 3.10. The van der Waals surface area contributed by atoms with Crippen molar-refractivity contribution in [3.63, 3.8) is 0 Å². The molecule has 0 aliphatic rings. The van der Waals surface area contributed by atoms with Crippen molar-refractivity contribution in [2.45, 2.75) is 6.04 Å². The number of nitrogens with zero attached hydrogens (tertiary/aromatic N) is 1. The molecule has 2 amide bonds. The molecule has 17 heavy (non-hydrogen) atoms. The van der Waals surface area contributed by atoms with Crippen molar-refractivity contribution in [1.82, 2.24) is 4.90 Å². The lowest BCUT2D eigenvalue weighted by Crippen LogP contribution is -2.39. The Morgan fingerprint density at radius 1 is 1.53 bits per heavy atom. The van der Waals surface area contributed by atoms with E-state index in [1.807, 2.05) is 0 Å². The molecule has 1 aromatic carbocycles. The van der Waals surface area contributed by atoms with Crippen LogP contribution in [-0.2, 0) is 9.59 Å². The Kier molecular flexibility index (Phi) is 4.45. The topological polar surface area (TPSA) is 63.4 Å². The molecule has 1 aromatic rings. The Labute approximate surface area is 103 Å². The molecule has 0 saturated heterocycles. The van der Waals surface area contributed by atoms with E-state index in [2.05, 4.69) is 0 Å². The second kappa shape index (κ2) is 5.63. The number of likely N-dealkylation sites (N-methyl/N-ethyl adjacent to an activating group) is 1. The molecular weight excluding hydrogens is 247 g/mol. The van der Waals surface area contributed by atoms with E-state index in [4.69, 9.17) is 17.3 Å². The van der Waals surface area contributed by atoms with Gasteiger partial charge in [0.05, 0.1) is 0 Å². The first kappa shape index (κ1) is 13.4. The minimum Gasteiger partial charge on any atom is -0.368 e. The molecular formula is C11H12ClFN2O2. The lowest BCUT2D eigenvalue weighted by Gasteiger charge is -2.25. The van der Waals surface area contributed by atoms with Gasteiger partial charge in [0.2, 0.25) is 11.8 Å². The molecule has 0 heterocycles. The number of alkyl halides is 1. The lowest BCUT2D eigenvalue weighted by molar-refractivity contribution is -0.136. The zero-order valence-corrected chi connectivity index (χ0v) is 9.95. The molecule has 0 radical (unpaired) electrons. The number of hydrogen-bond donors (Lipinski definition) is 1. The minimum atomic E-state index is -1.02. The summed E-state index contributed by atoms with van der Waals surface area (Å²) in [7, 11) is 1.39. The standard InChI is InChI=1S/C11H12ClFN2O2/c1-15(9(16)6-12)10(11(14)17)7-3-2-4-8(13)5-7/h2-5,10H,6H2,1H3,(H2,14,17). The highest BCUT2D eigenvalue weighted by molar-refractivity contribution is 6.27. The van der Waals surface area contributed by atoms with Gasteiger partial charge in [0.25, 0.3) is 0 Å². The van der Waals surface area contributed by atoms with Crippen molar-refractivity contribution in [2.24, 2.45) is 5.73 Å². The Bertz CT molecular complexity index is 439. The van der Waals surface area contributed by atoms with Crippen molar-refractivity contribution in [2.75, 3.05) is 12.9 Å². The molecule has 0 aliphatic carbocycles. The summed E-state index contributed by atoms with van der Waals surface area (Å²) < 4.78 is 13.1. The number of halogens is 2. The van der Waals surface area contributed by atoms with Gasteiger partial charge in [-0.25, -0.2) is 4.39 Å². The van der Waals surface area contributed by atoms with Crippen LogP contribution in [-0.4, -0.2) is 29.6 Å². The quantitative estimate of drug-likeness (QED) is 0.821. The normalized spacial score (nSPS) is 11.9. The van der Waals surface area contributed by atoms with Gasteiger partial charge in [0, 0.05) is 7.05 Å². The van der Waals surface area contributed by atoms with Crippen LogP contribution < -0.4 is 5.73 Å². The van der Waals surface area contributed by atoms with E-state index in [1.54, 1.807) is 0 Å². The molecule has 6 heteroatoms. The third-order valence-electron chi connectivity index (χ3n) is 2.33. The smallest absolute Gasteiger partial charge is 0.244 e. The number of primary amides is 1. The van der Waals surface area contributed by atoms with Crippen LogP contribution in [0.1, 0.15) is 11.6 Å². The van der Waals surface area contributed by atoms with E-state index in [9.17, 15) is 14.0 Å². The second-order valence-electron chi connectivity index (χ2n) is 3.50. The molecule has 92 valence electrons. The molecule has 1 rings (SSSR count). The average molecular weight is 259 g/mol. The molecule has 0 fully saturated rings. The second-order valence-corrected chi connectivity index (χ2v) is 3.77. The SMILES string of the molecule is CN(C(=O)CCl)C(C(N)=O)c1cccc(F)c1. The van der Waals surface area contributed by atoms with Gasteiger partial charge in [-0.3, -0.25) is 9.59 Å². The number of rotatable bonds is 4. The maximum absolute atomic E-state index is 13.1. The summed E-state index contributed by atoms with van der Waals surface area (Å²) >= 11 is 5.40. The predicted molar refractivity (Wildman–Crippen MR) is 61.8 cm³/mol. The van der Waals surface area contributed by atoms with Crippen molar-refractivity contribution in [1.29, 1.82) is 0 Å². The number of hydrogen-bond acceptors (Lipinski definition) is 2. The van der Waals surface area contributed by atoms with Crippen LogP contribution in [0.4, 0.5) is 4.39 Å². The summed E-state index contributed by atoms with van der Waals surface area (Å²) in [4.78, 5) is 23.8. The van der Waals surface area contributed by atoms with Crippen molar-refractivity contribution < 1.29 is 14.0 Å². The zero-order valence-electron chi connectivity index (χ0n) is 9.19. The molecule has 0 aliphatic heterocycles. The number of carbonyl (C=O) groups excluding carboxylic acids is 2. The summed E-state index contributed by atoms with van der Waals surface area (Å²) in [5.74, 6) is -1.97. The van der Waals surface area contributed by atoms with Gasteiger partial charge in [0.15, 0.2) is 0 Å². The van der Waals surface area contributed by atoms with Crippen molar-refractivity contribution in [3.8, 4) is 0 Å². The zero-order chi connectivity index (χ0) is 13.0. The lowest BCUT2D eigenvalue weighted by atomic mass is 10.0. The van der Waals surface area contributed by atoms with E-state index in [-0.39, 0.29) is 5.88 Å². The fourth-order valence-electron chi connectivity index (χ4n) is 1.49. The summed E-state index contributed by atoms with van der Waals surface area (Å²) in [6, 6.07) is 4.35. The third-order valence-corrected chi connectivity index (χ3v) is 2.56. The number of carbonyl (C=O) groups is 2. The van der Waals surface area contributed by atoms with E-state index in [1.165, 1.54) is 25.2 Å². The van der Waals surface area contributed by atoms with Gasteiger partial charge in [-0.15, -0.1) is 11.6 Å². The minimum absolute atomic E-state index is 0.268. The van der Waals surface area contributed by atoms with Gasteiger partial charge in [-0.1, -0.05) is 12.1 Å². The van der Waals surface area contributed by atoms with Crippen LogP contribution >= 0.6 is 11.6 Å². The summed E-state index contributed by atoms with van der Waals surface area (Å²) in [5.41, 5.74) is 5.53. The molecule has 4 nitrogen and oxygen atoms in total. The fraction of sp³-hybridized carbons (Fsp3) is 0.273. The van der Waals surface area contributed by atoms with Gasteiger partial charge < -0.3 is 10.6 Å². The first-order chi connectivity index (χ1) is 7.97.